The molecule has 0 aliphatic carbocycles. The van der Waals surface area contributed by atoms with Crippen LogP contribution < -0.4 is 10.4 Å². The van der Waals surface area contributed by atoms with Gasteiger partial charge in [-0.15, -0.1) is 0 Å². The molecule has 0 radical (unpaired) electrons. The van der Waals surface area contributed by atoms with E-state index in [-0.39, 0.29) is 11.5 Å². The first-order valence-corrected chi connectivity index (χ1v) is 11.4. The van der Waals surface area contributed by atoms with Crippen LogP contribution in [0.2, 0.25) is 0 Å². The molecule has 1 fully saturated rings. The molecule has 0 unspecified atom stereocenters. The highest BCUT2D eigenvalue weighted by Crippen LogP contribution is 2.43. The molecule has 0 amide bonds. The van der Waals surface area contributed by atoms with Crippen LogP contribution in [0.3, 0.4) is 0 Å². The van der Waals surface area contributed by atoms with Crippen LogP contribution in [0.1, 0.15) is 48.0 Å². The normalized spacial score (nSPS) is 16.1. The highest BCUT2D eigenvalue weighted by molar-refractivity contribution is 6.62. The monoisotopic (exact) mass is 447 g/mol. The first-order chi connectivity index (χ1) is 15.6. The van der Waals surface area contributed by atoms with Gasteiger partial charge in [0.05, 0.1) is 22.6 Å². The predicted molar refractivity (Wildman–Crippen MR) is 136 cm³/mol. The van der Waals surface area contributed by atoms with Gasteiger partial charge in [-0.05, 0) is 69.6 Å². The molecule has 1 aliphatic heterocycles. The number of anilines is 3. The topological polar surface area (TPSA) is 62.2 Å². The molecule has 1 heterocycles. The van der Waals surface area contributed by atoms with E-state index >= 15 is 0 Å². The summed E-state index contributed by atoms with van der Waals surface area (Å²) in [6, 6.07) is 21.9. The van der Waals surface area contributed by atoms with Gasteiger partial charge in [-0.3, -0.25) is 0 Å². The molecule has 4 rings (SSSR count). The van der Waals surface area contributed by atoms with Gasteiger partial charge in [-0.25, -0.2) is 0 Å². The molecule has 3 aromatic rings. The second-order valence-electron chi connectivity index (χ2n) is 9.20. The number of benzene rings is 3. The Morgan fingerprint density at radius 3 is 1.48 bits per heavy atom. The zero-order valence-electron chi connectivity index (χ0n) is 20.4. The smallest absolute Gasteiger partial charge is 0.494 e. The molecule has 0 bridgehead atoms. The number of nitrogens with zero attached hydrogens (tertiary/aromatic N) is 1. The van der Waals surface area contributed by atoms with Crippen LogP contribution in [0.25, 0.3) is 0 Å². The van der Waals surface area contributed by atoms with Crippen molar-refractivity contribution in [2.75, 3.05) is 4.90 Å². The predicted octanol–water partition coefficient (Wildman–Crippen LogP) is 6.28. The van der Waals surface area contributed by atoms with Gasteiger partial charge in [0.25, 0.3) is 0 Å². The average molecular weight is 447 g/mol. The highest BCUT2D eigenvalue weighted by Gasteiger charge is 2.51. The Balaban J connectivity index is 0.000000968. The maximum atomic E-state index is 10.5. The van der Waals surface area contributed by atoms with Crippen LogP contribution in [0.4, 0.5) is 17.1 Å². The molecule has 33 heavy (non-hydrogen) atoms. The summed E-state index contributed by atoms with van der Waals surface area (Å²) in [7, 11) is -0.451. The third-order valence-corrected chi connectivity index (χ3v) is 5.92. The van der Waals surface area contributed by atoms with E-state index in [9.17, 15) is 10.2 Å². The van der Waals surface area contributed by atoms with Gasteiger partial charge in [-0.1, -0.05) is 56.7 Å². The van der Waals surface area contributed by atoms with Gasteiger partial charge >= 0.3 is 7.12 Å². The van der Waals surface area contributed by atoms with E-state index in [0.717, 1.165) is 11.2 Å². The summed E-state index contributed by atoms with van der Waals surface area (Å²) in [5.41, 5.74) is 2.03. The van der Waals surface area contributed by atoms with Crippen molar-refractivity contribution in [1.29, 1.82) is 0 Å². The van der Waals surface area contributed by atoms with Crippen LogP contribution in [0, 0.1) is 0 Å². The van der Waals surface area contributed by atoms with Gasteiger partial charge in [0, 0.05) is 5.69 Å². The Morgan fingerprint density at radius 1 is 0.697 bits per heavy atom. The van der Waals surface area contributed by atoms with Gasteiger partial charge in [-0.2, -0.15) is 0 Å². The van der Waals surface area contributed by atoms with E-state index in [1.807, 2.05) is 81.1 Å². The first kappa shape index (κ1) is 24.7. The maximum absolute atomic E-state index is 10.5. The van der Waals surface area contributed by atoms with Crippen molar-refractivity contribution in [3.8, 4) is 11.5 Å². The molecular formula is C27H34BNO4. The van der Waals surface area contributed by atoms with Crippen LogP contribution in [0.15, 0.2) is 72.8 Å². The second kappa shape index (κ2) is 9.90. The summed E-state index contributed by atoms with van der Waals surface area (Å²) in [5.74, 6) is 0.242. The highest BCUT2D eigenvalue weighted by atomic mass is 16.7. The van der Waals surface area contributed by atoms with E-state index in [0.29, 0.717) is 11.4 Å². The summed E-state index contributed by atoms with van der Waals surface area (Å²) in [5, 5.41) is 20.9. The quantitative estimate of drug-likeness (QED) is 0.461. The largest absolute Gasteiger partial charge is 0.506 e. The van der Waals surface area contributed by atoms with Gasteiger partial charge < -0.3 is 24.4 Å². The molecule has 0 spiro atoms. The van der Waals surface area contributed by atoms with E-state index in [1.165, 1.54) is 6.42 Å². The standard InChI is InChI=1S/C24H26BNO4.C3H8/c1-23(2)24(3,4)30-25(29-23)17-13-15-18(16-14-17)26(19-9-5-7-11-21(19)27)20-10-6-8-12-22(20)28;1-3-2/h5-16,27-28H,1-4H3;3H2,1-2H3. The van der Waals surface area contributed by atoms with Crippen molar-refractivity contribution in [3.63, 3.8) is 0 Å². The number of hydrogen-bond acceptors (Lipinski definition) is 5. The Hall–Kier alpha value is -2.96. The fourth-order valence-corrected chi connectivity index (χ4v) is 3.47. The number of para-hydroxylation sites is 4. The number of phenolic OH excluding ortho intramolecular Hbond substituents is 2. The lowest BCUT2D eigenvalue weighted by Crippen LogP contribution is -2.41. The zero-order chi connectivity index (χ0) is 24.2. The molecule has 1 saturated heterocycles. The minimum absolute atomic E-state index is 0.121. The summed E-state index contributed by atoms with van der Waals surface area (Å²) in [6.07, 6.45) is 1.25. The summed E-state index contributed by atoms with van der Waals surface area (Å²) < 4.78 is 12.3. The van der Waals surface area contributed by atoms with Crippen molar-refractivity contribution in [2.24, 2.45) is 0 Å². The van der Waals surface area contributed by atoms with Crippen LogP contribution in [0.5, 0.6) is 11.5 Å². The number of aromatic hydroxyl groups is 2. The van der Waals surface area contributed by atoms with Crippen molar-refractivity contribution in [1.82, 2.24) is 0 Å². The molecule has 2 N–H and O–H groups in total. The molecule has 3 aromatic carbocycles. The molecule has 0 atom stereocenters. The van der Waals surface area contributed by atoms with E-state index in [1.54, 1.807) is 24.3 Å². The fourth-order valence-electron chi connectivity index (χ4n) is 3.47. The van der Waals surface area contributed by atoms with E-state index in [4.69, 9.17) is 9.31 Å². The first-order valence-electron chi connectivity index (χ1n) is 11.4. The Kier molecular flexibility index (Phi) is 7.40. The van der Waals surface area contributed by atoms with Crippen LogP contribution >= 0.6 is 0 Å². The Bertz CT molecular complexity index is 1000. The van der Waals surface area contributed by atoms with Crippen molar-refractivity contribution >= 4 is 29.6 Å². The molecule has 0 saturated carbocycles. The maximum Gasteiger partial charge on any atom is 0.494 e. The average Bonchev–Trinajstić information content (AvgIpc) is 2.99. The molecular weight excluding hydrogens is 413 g/mol. The minimum Gasteiger partial charge on any atom is -0.506 e. The third kappa shape index (κ3) is 5.18. The van der Waals surface area contributed by atoms with Crippen molar-refractivity contribution in [2.45, 2.75) is 59.2 Å². The van der Waals surface area contributed by atoms with Crippen LogP contribution in [-0.4, -0.2) is 28.5 Å². The van der Waals surface area contributed by atoms with Crippen molar-refractivity contribution < 1.29 is 19.5 Å². The minimum atomic E-state index is -0.451. The van der Waals surface area contributed by atoms with Gasteiger partial charge in [0.15, 0.2) is 0 Å². The lowest BCUT2D eigenvalue weighted by molar-refractivity contribution is 0.00578. The third-order valence-electron chi connectivity index (χ3n) is 5.92. The molecule has 5 nitrogen and oxygen atoms in total. The van der Waals surface area contributed by atoms with Gasteiger partial charge in [0.2, 0.25) is 0 Å². The molecule has 1 aliphatic rings. The van der Waals surface area contributed by atoms with Crippen LogP contribution in [-0.2, 0) is 9.31 Å². The summed E-state index contributed by atoms with van der Waals surface area (Å²) in [6.45, 7) is 12.4. The second-order valence-corrected chi connectivity index (χ2v) is 9.20. The number of phenols is 2. The zero-order valence-corrected chi connectivity index (χ0v) is 20.4. The number of hydrogen-bond donors (Lipinski definition) is 2. The molecule has 0 aromatic heterocycles. The lowest BCUT2D eigenvalue weighted by Gasteiger charge is -2.32. The Labute approximate surface area is 197 Å². The van der Waals surface area contributed by atoms with E-state index in [2.05, 4.69) is 13.8 Å². The van der Waals surface area contributed by atoms with Crippen molar-refractivity contribution in [3.05, 3.63) is 72.8 Å². The summed E-state index contributed by atoms with van der Waals surface area (Å²) >= 11 is 0. The Morgan fingerprint density at radius 2 is 1.09 bits per heavy atom. The SMILES string of the molecule is CC1(C)OB(c2ccc(N(c3ccccc3O)c3ccccc3O)cc2)OC1(C)C.CCC. The molecule has 174 valence electrons. The lowest BCUT2D eigenvalue weighted by atomic mass is 9.79. The molecule has 6 heteroatoms. The number of rotatable bonds is 4. The van der Waals surface area contributed by atoms with Gasteiger partial charge in [0.1, 0.15) is 11.5 Å². The fraction of sp³-hybridized carbons (Fsp3) is 0.333. The van der Waals surface area contributed by atoms with E-state index < -0.39 is 18.3 Å². The summed E-state index contributed by atoms with van der Waals surface area (Å²) in [4.78, 5) is 1.82.